The molecule has 0 bridgehead atoms. The summed E-state index contributed by atoms with van der Waals surface area (Å²) in [6.07, 6.45) is 13.2. The SMILES string of the molecule is CS(=O)(=O)N1CCC(C(=O)N[C@@H](CCOCCCC(=O)N2CCC(CN3CCN(C4CCC5C(=O)N(C6CCC(=O)NC6=O)C(=O)C5C4)CC3)CC2)C(=O)NC2NC(C3CCCCC3)CS2)C1. The number of sulfonamides is 1. The van der Waals surface area contributed by atoms with E-state index >= 15 is 0 Å². The Morgan fingerprint density at radius 3 is 2.31 bits per heavy atom. The number of piperidine rings is 2. The lowest BCUT2D eigenvalue weighted by Crippen LogP contribution is -2.54. The molecule has 67 heavy (non-hydrogen) atoms. The van der Waals surface area contributed by atoms with Crippen molar-refractivity contribution >= 4 is 63.1 Å². The zero-order valence-corrected chi connectivity index (χ0v) is 40.8. The molecule has 6 aliphatic heterocycles. The Balaban J connectivity index is 0.709. The van der Waals surface area contributed by atoms with E-state index in [1.165, 1.54) is 36.4 Å². The van der Waals surface area contributed by atoms with Crippen molar-refractivity contribution in [2.75, 3.05) is 84.1 Å². The summed E-state index contributed by atoms with van der Waals surface area (Å²) in [5, 5.41) is 11.9. The maximum Gasteiger partial charge on any atom is 0.249 e. The number of amides is 7. The summed E-state index contributed by atoms with van der Waals surface area (Å²) in [7, 11) is -3.42. The summed E-state index contributed by atoms with van der Waals surface area (Å²) in [5.74, 6) is -1.24. The minimum atomic E-state index is -3.42. The Morgan fingerprint density at radius 2 is 1.60 bits per heavy atom. The van der Waals surface area contributed by atoms with Crippen molar-refractivity contribution in [1.82, 2.24) is 45.2 Å². The van der Waals surface area contributed by atoms with Crippen molar-refractivity contribution in [3.8, 4) is 0 Å². The monoisotopic (exact) mass is 975 g/mol. The molecule has 8 rings (SSSR count). The van der Waals surface area contributed by atoms with Crippen LogP contribution in [0.15, 0.2) is 0 Å². The number of nitrogens with one attached hydrogen (secondary N) is 4. The maximum atomic E-state index is 13.6. The lowest BCUT2D eigenvalue weighted by Gasteiger charge is -2.43. The highest BCUT2D eigenvalue weighted by Gasteiger charge is 2.54. The number of thioether (sulfide) groups is 1. The van der Waals surface area contributed by atoms with Crippen LogP contribution in [0.3, 0.4) is 0 Å². The van der Waals surface area contributed by atoms with Gasteiger partial charge in [0.1, 0.15) is 17.6 Å². The zero-order chi connectivity index (χ0) is 47.2. The molecule has 0 aromatic carbocycles. The Morgan fingerprint density at radius 1 is 0.851 bits per heavy atom. The molecule has 2 aliphatic carbocycles. The third-order valence-electron chi connectivity index (χ3n) is 16.0. The minimum absolute atomic E-state index is 0.0969. The molecule has 4 N–H and O–H groups in total. The van der Waals surface area contributed by atoms with Gasteiger partial charge in [0.25, 0.3) is 0 Å². The van der Waals surface area contributed by atoms with Crippen LogP contribution in [-0.2, 0) is 48.3 Å². The van der Waals surface area contributed by atoms with Crippen LogP contribution in [0.1, 0.15) is 103 Å². The van der Waals surface area contributed by atoms with Crippen LogP contribution in [0, 0.1) is 29.6 Å². The first-order valence-electron chi connectivity index (χ1n) is 25.2. The Bertz CT molecular complexity index is 1940. The Kier molecular flexibility index (Phi) is 17.0. The molecule has 2 saturated carbocycles. The van der Waals surface area contributed by atoms with E-state index in [4.69, 9.17) is 4.74 Å². The fourth-order valence-electron chi connectivity index (χ4n) is 12.0. The average molecular weight is 976 g/mol. The normalized spacial score (nSPS) is 31.5. The first-order chi connectivity index (χ1) is 32.2. The fourth-order valence-corrected chi connectivity index (χ4v) is 14.1. The molecule has 19 nitrogen and oxygen atoms in total. The predicted octanol–water partition coefficient (Wildman–Crippen LogP) is 0.440. The van der Waals surface area contributed by atoms with E-state index < -0.39 is 39.8 Å². The van der Waals surface area contributed by atoms with Gasteiger partial charge in [0.15, 0.2) is 0 Å². The minimum Gasteiger partial charge on any atom is -0.381 e. The molecule has 7 amide bonds. The topological polar surface area (TPSA) is 227 Å². The largest absolute Gasteiger partial charge is 0.381 e. The molecule has 7 unspecified atom stereocenters. The summed E-state index contributed by atoms with van der Waals surface area (Å²) in [5.41, 5.74) is -0.249. The van der Waals surface area contributed by atoms with Crippen molar-refractivity contribution < 1.29 is 46.7 Å². The molecule has 0 aromatic heterocycles. The molecule has 6 heterocycles. The van der Waals surface area contributed by atoms with Gasteiger partial charge in [-0.3, -0.25) is 54.0 Å². The number of piperazine rings is 1. The zero-order valence-electron chi connectivity index (χ0n) is 39.2. The number of likely N-dealkylation sites (tertiary alicyclic amines) is 2. The number of nitrogens with zero attached hydrogens (tertiary/aromatic N) is 5. The highest BCUT2D eigenvalue weighted by molar-refractivity contribution is 8.00. The quantitative estimate of drug-likeness (QED) is 0.115. The standard InChI is InChI=1S/C46H73N9O10S2/c1-67(63,64)54-19-15-32(28-54)41(58)47-36(42(59)50-46-48-37(29-66-46)31-6-3-2-4-7-31)16-25-65-24-5-8-40(57)53-17-13-30(14-18-53)27-51-20-22-52(23-21-51)33-9-10-34-35(26-33)45(62)55(44(34)61)38-11-12-39(56)49-43(38)60/h30-38,46,48H,2-29H2,1H3,(H,47,58)(H,50,59)(H,49,56,60)/t32?,33?,34?,35?,36-,37?,38?,46?/m0/s1. The second-order valence-electron chi connectivity index (χ2n) is 20.4. The van der Waals surface area contributed by atoms with Crippen LogP contribution in [0.5, 0.6) is 0 Å². The Labute approximate surface area is 399 Å². The highest BCUT2D eigenvalue weighted by Crippen LogP contribution is 2.41. The van der Waals surface area contributed by atoms with Crippen LogP contribution < -0.4 is 21.3 Å². The van der Waals surface area contributed by atoms with E-state index in [1.54, 1.807) is 11.8 Å². The van der Waals surface area contributed by atoms with Gasteiger partial charge in [0, 0.05) is 103 Å². The summed E-state index contributed by atoms with van der Waals surface area (Å²) in [6, 6.07) is -1.17. The number of imide groups is 2. The van der Waals surface area contributed by atoms with Crippen LogP contribution in [0.2, 0.25) is 0 Å². The summed E-state index contributed by atoms with van der Waals surface area (Å²) < 4.78 is 31.4. The van der Waals surface area contributed by atoms with Gasteiger partial charge in [-0.1, -0.05) is 19.3 Å². The smallest absolute Gasteiger partial charge is 0.249 e. The van der Waals surface area contributed by atoms with Crippen molar-refractivity contribution in [3.63, 3.8) is 0 Å². The Hall–Kier alpha value is -3.21. The number of carbonyl (C=O) groups is 7. The van der Waals surface area contributed by atoms with E-state index in [2.05, 4.69) is 31.1 Å². The molecule has 374 valence electrons. The van der Waals surface area contributed by atoms with E-state index in [0.29, 0.717) is 56.6 Å². The highest BCUT2D eigenvalue weighted by atomic mass is 32.2. The summed E-state index contributed by atoms with van der Waals surface area (Å²) in [4.78, 5) is 99.2. The third-order valence-corrected chi connectivity index (χ3v) is 18.4. The van der Waals surface area contributed by atoms with Gasteiger partial charge >= 0.3 is 0 Å². The van der Waals surface area contributed by atoms with Gasteiger partial charge in [0.05, 0.1) is 24.0 Å². The van der Waals surface area contributed by atoms with Gasteiger partial charge < -0.3 is 25.2 Å². The molecule has 21 heteroatoms. The summed E-state index contributed by atoms with van der Waals surface area (Å²) in [6.45, 7) is 7.04. The average Bonchev–Trinajstić information content (AvgIpc) is 4.07. The molecule has 0 aromatic rings. The lowest BCUT2D eigenvalue weighted by atomic mass is 9.78. The molecule has 0 radical (unpaired) electrons. The number of ether oxygens (including phenoxy) is 1. The van der Waals surface area contributed by atoms with Crippen LogP contribution in [0.25, 0.3) is 0 Å². The van der Waals surface area contributed by atoms with Crippen molar-refractivity contribution in [3.05, 3.63) is 0 Å². The van der Waals surface area contributed by atoms with Crippen molar-refractivity contribution in [2.24, 2.45) is 29.6 Å². The van der Waals surface area contributed by atoms with Crippen LogP contribution >= 0.6 is 11.8 Å². The molecule has 8 fully saturated rings. The molecule has 6 saturated heterocycles. The predicted molar refractivity (Wildman–Crippen MR) is 249 cm³/mol. The first kappa shape index (κ1) is 50.2. The number of rotatable bonds is 17. The molecule has 0 spiro atoms. The van der Waals surface area contributed by atoms with Gasteiger partial charge in [0.2, 0.25) is 51.4 Å². The first-order valence-corrected chi connectivity index (χ1v) is 28.1. The van der Waals surface area contributed by atoms with E-state index in [0.717, 1.165) is 82.0 Å². The van der Waals surface area contributed by atoms with Crippen LogP contribution in [-0.4, -0.2) is 187 Å². The molecular weight excluding hydrogens is 903 g/mol. The van der Waals surface area contributed by atoms with Gasteiger partial charge in [-0.25, -0.2) is 12.7 Å². The molecule has 8 atom stereocenters. The van der Waals surface area contributed by atoms with Crippen LogP contribution in [0.4, 0.5) is 0 Å². The third kappa shape index (κ3) is 12.6. The second-order valence-corrected chi connectivity index (χ2v) is 23.5. The fraction of sp³-hybridized carbons (Fsp3) is 0.848. The molecular formula is C46H73N9O10S2. The van der Waals surface area contributed by atoms with E-state index in [1.807, 2.05) is 4.90 Å². The summed E-state index contributed by atoms with van der Waals surface area (Å²) >= 11 is 1.67. The number of hydrogen-bond donors (Lipinski definition) is 4. The van der Waals surface area contributed by atoms with E-state index in [-0.39, 0.29) is 91.9 Å². The van der Waals surface area contributed by atoms with Gasteiger partial charge in [-0.05, 0) is 82.5 Å². The van der Waals surface area contributed by atoms with Gasteiger partial charge in [-0.2, -0.15) is 0 Å². The molecule has 8 aliphatic rings. The number of fused-ring (bicyclic) bond motifs is 1. The van der Waals surface area contributed by atoms with Crippen molar-refractivity contribution in [2.45, 2.75) is 132 Å². The lowest BCUT2D eigenvalue weighted by molar-refractivity contribution is -0.151. The number of hydrogen-bond acceptors (Lipinski definition) is 14. The van der Waals surface area contributed by atoms with Gasteiger partial charge in [-0.15, -0.1) is 11.8 Å². The van der Waals surface area contributed by atoms with E-state index in [9.17, 15) is 42.0 Å². The second kappa shape index (κ2) is 22.7. The van der Waals surface area contributed by atoms with Crippen molar-refractivity contribution in [1.29, 1.82) is 0 Å². The maximum absolute atomic E-state index is 13.6. The number of carbonyl (C=O) groups excluding carboxylic acids is 7.